The second kappa shape index (κ2) is 2.44. The third-order valence-electron chi connectivity index (χ3n) is 1.01. The van der Waals surface area contributed by atoms with Gasteiger partial charge in [0.15, 0.2) is 0 Å². The summed E-state index contributed by atoms with van der Waals surface area (Å²) in [6, 6.07) is 2.67. The van der Waals surface area contributed by atoms with Crippen molar-refractivity contribution in [2.45, 2.75) is 0 Å². The lowest BCUT2D eigenvalue weighted by molar-refractivity contribution is 0.577. The zero-order chi connectivity index (χ0) is 8.43. The van der Waals surface area contributed by atoms with E-state index in [1.54, 1.807) is 0 Å². The van der Waals surface area contributed by atoms with Crippen molar-refractivity contribution < 1.29 is 10.2 Å². The number of hydrogen-bond acceptors (Lipinski definition) is 1. The molecule has 1 aromatic carbocycles. The average molecular weight is 140 g/mol. The molecule has 0 aliphatic carbocycles. The van der Waals surface area contributed by atoms with Gasteiger partial charge in [0.25, 0.3) is 0 Å². The van der Waals surface area contributed by atoms with Gasteiger partial charge in [0.1, 0.15) is 23.3 Å². The van der Waals surface area contributed by atoms with Crippen LogP contribution in [-0.4, -0.2) is 0 Å². The predicted molar refractivity (Wildman–Crippen MR) is 31.1 cm³/mol. The summed E-state index contributed by atoms with van der Waals surface area (Å²) in [5.74, 6) is -1.98. The van der Waals surface area contributed by atoms with E-state index < -0.39 is 17.2 Å². The molecule has 0 aliphatic rings. The topological polar surface area (TPSA) is 23.8 Å². The highest BCUT2D eigenvalue weighted by Crippen LogP contribution is 2.09. The van der Waals surface area contributed by atoms with Crippen LogP contribution >= 0.6 is 0 Å². The fourth-order valence-corrected chi connectivity index (χ4v) is 0.553. The van der Waals surface area contributed by atoms with Crippen molar-refractivity contribution in [3.63, 3.8) is 0 Å². The van der Waals surface area contributed by atoms with Gasteiger partial charge in [0, 0.05) is 0 Å². The van der Waals surface area contributed by atoms with E-state index in [4.69, 9.17) is 6.63 Å². The van der Waals surface area contributed by atoms with E-state index in [0.29, 0.717) is 0 Å². The molecular formula is C7H3F2N. The number of hydrogen-bond donors (Lipinski definition) is 0. The molecule has 0 aromatic heterocycles. The van der Waals surface area contributed by atoms with Crippen LogP contribution in [0.2, 0.25) is 0 Å². The van der Waals surface area contributed by atoms with Crippen molar-refractivity contribution in [2.75, 3.05) is 0 Å². The summed E-state index contributed by atoms with van der Waals surface area (Å²) in [6.07, 6.45) is 0. The monoisotopic (exact) mass is 140 g/mol. The van der Waals surface area contributed by atoms with Gasteiger partial charge in [0.05, 0.1) is 1.37 Å². The Morgan fingerprint density at radius 3 is 2.30 bits per heavy atom. The van der Waals surface area contributed by atoms with Crippen LogP contribution in [0.25, 0.3) is 0 Å². The SMILES string of the molecule is [2H]c1cc(F)c(C#N)c(F)c1. The molecule has 0 amide bonds. The highest BCUT2D eigenvalue weighted by atomic mass is 19.1. The lowest BCUT2D eigenvalue weighted by Crippen LogP contribution is -1.87. The number of rotatable bonds is 0. The van der Waals surface area contributed by atoms with Crippen LogP contribution in [0, 0.1) is 23.0 Å². The minimum absolute atomic E-state index is 0.279. The zero-order valence-electron chi connectivity index (χ0n) is 5.86. The molecule has 0 heterocycles. The third-order valence-corrected chi connectivity index (χ3v) is 1.01. The Morgan fingerprint density at radius 1 is 1.40 bits per heavy atom. The standard InChI is InChI=1S/C7H3F2N/c8-6-2-1-3-7(9)5(6)4-10/h1-3H/i1D. The lowest BCUT2D eigenvalue weighted by Gasteiger charge is -1.91. The van der Waals surface area contributed by atoms with E-state index in [1.165, 1.54) is 6.07 Å². The fraction of sp³-hybridized carbons (Fsp3) is 0. The molecule has 0 N–H and O–H groups in total. The largest absolute Gasteiger partial charge is 0.205 e. The smallest absolute Gasteiger partial charge is 0.143 e. The van der Waals surface area contributed by atoms with Crippen LogP contribution in [0.3, 0.4) is 0 Å². The van der Waals surface area contributed by atoms with Crippen LogP contribution in [0.1, 0.15) is 6.93 Å². The quantitative estimate of drug-likeness (QED) is 0.539. The maximum Gasteiger partial charge on any atom is 0.143 e. The number of halogens is 2. The number of benzene rings is 1. The van der Waals surface area contributed by atoms with Gasteiger partial charge < -0.3 is 0 Å². The second-order valence-electron chi connectivity index (χ2n) is 1.64. The molecule has 1 nitrogen and oxygen atoms in total. The Hall–Kier alpha value is -1.43. The Morgan fingerprint density at radius 2 is 1.90 bits per heavy atom. The molecule has 0 fully saturated rings. The molecule has 0 radical (unpaired) electrons. The average Bonchev–Trinajstić information content (AvgIpc) is 1.85. The molecule has 0 atom stereocenters. The maximum absolute atomic E-state index is 12.5. The maximum atomic E-state index is 12.5. The van der Waals surface area contributed by atoms with E-state index >= 15 is 0 Å². The Kier molecular flexibility index (Phi) is 1.31. The Bertz CT molecular complexity index is 307. The summed E-state index contributed by atoms with van der Waals surface area (Å²) in [5, 5.41) is 8.20. The molecule has 0 bridgehead atoms. The molecule has 3 heteroatoms. The van der Waals surface area contributed by atoms with Crippen LogP contribution in [0.5, 0.6) is 0 Å². The van der Waals surface area contributed by atoms with Crippen LogP contribution in [0.4, 0.5) is 8.78 Å². The molecule has 1 rings (SSSR count). The summed E-state index contributed by atoms with van der Waals surface area (Å²) in [4.78, 5) is 0. The highest BCUT2D eigenvalue weighted by molar-refractivity contribution is 5.31. The minimum atomic E-state index is -0.988. The summed E-state index contributed by atoms with van der Waals surface area (Å²) in [7, 11) is 0. The van der Waals surface area contributed by atoms with Crippen molar-refractivity contribution in [1.82, 2.24) is 0 Å². The first kappa shape index (κ1) is 5.36. The summed E-state index contributed by atoms with van der Waals surface area (Å²) < 4.78 is 31.9. The van der Waals surface area contributed by atoms with E-state index in [0.717, 1.165) is 12.1 Å². The summed E-state index contributed by atoms with van der Waals surface area (Å²) in [5.41, 5.74) is -0.638. The van der Waals surface area contributed by atoms with Gasteiger partial charge in [-0.2, -0.15) is 5.26 Å². The van der Waals surface area contributed by atoms with Gasteiger partial charge in [-0.05, 0) is 12.1 Å². The van der Waals surface area contributed by atoms with Gasteiger partial charge in [-0.15, -0.1) is 0 Å². The second-order valence-corrected chi connectivity index (χ2v) is 1.64. The molecular weight excluding hydrogens is 136 g/mol. The molecule has 50 valence electrons. The Labute approximate surface area is 57.9 Å². The fourth-order valence-electron chi connectivity index (χ4n) is 0.553. The molecule has 0 unspecified atom stereocenters. The van der Waals surface area contributed by atoms with Gasteiger partial charge >= 0.3 is 0 Å². The molecule has 0 aliphatic heterocycles. The van der Waals surface area contributed by atoms with Gasteiger partial charge in [-0.3, -0.25) is 0 Å². The van der Waals surface area contributed by atoms with E-state index in [2.05, 4.69) is 0 Å². The summed E-state index contributed by atoms with van der Waals surface area (Å²) >= 11 is 0. The first-order chi connectivity index (χ1) is 5.15. The van der Waals surface area contributed by atoms with Gasteiger partial charge in [-0.25, -0.2) is 8.78 Å². The van der Waals surface area contributed by atoms with E-state index in [9.17, 15) is 8.78 Å². The first-order valence-electron chi connectivity index (χ1n) is 3.01. The van der Waals surface area contributed by atoms with Crippen LogP contribution in [0.15, 0.2) is 18.2 Å². The van der Waals surface area contributed by atoms with E-state index in [-0.39, 0.29) is 6.04 Å². The van der Waals surface area contributed by atoms with Crippen LogP contribution < -0.4 is 0 Å². The number of nitriles is 1. The zero-order valence-corrected chi connectivity index (χ0v) is 4.86. The van der Waals surface area contributed by atoms with Crippen molar-refractivity contribution in [1.29, 1.82) is 5.26 Å². The highest BCUT2D eigenvalue weighted by Gasteiger charge is 2.04. The number of nitrogens with zero attached hydrogens (tertiary/aromatic N) is 1. The van der Waals surface area contributed by atoms with Crippen molar-refractivity contribution in [2.24, 2.45) is 0 Å². The molecule has 10 heavy (non-hydrogen) atoms. The lowest BCUT2D eigenvalue weighted by atomic mass is 10.2. The molecule has 0 spiro atoms. The molecule has 0 saturated heterocycles. The van der Waals surface area contributed by atoms with Crippen molar-refractivity contribution in [3.05, 3.63) is 35.4 Å². The van der Waals surface area contributed by atoms with Gasteiger partial charge in [0.2, 0.25) is 0 Å². The predicted octanol–water partition coefficient (Wildman–Crippen LogP) is 1.84. The first-order valence-corrected chi connectivity index (χ1v) is 2.51. The summed E-state index contributed by atoms with van der Waals surface area (Å²) in [6.45, 7) is 0. The van der Waals surface area contributed by atoms with Crippen LogP contribution in [-0.2, 0) is 0 Å². The van der Waals surface area contributed by atoms with E-state index in [1.807, 2.05) is 0 Å². The van der Waals surface area contributed by atoms with Gasteiger partial charge in [-0.1, -0.05) is 6.04 Å². The Balaban J connectivity index is 3.40. The third kappa shape index (κ3) is 0.960. The molecule has 0 saturated carbocycles. The van der Waals surface area contributed by atoms with Crippen molar-refractivity contribution >= 4 is 0 Å². The normalized spacial score (nSPS) is 10.3. The van der Waals surface area contributed by atoms with Crippen molar-refractivity contribution in [3.8, 4) is 6.07 Å². The molecule has 1 aromatic rings. The minimum Gasteiger partial charge on any atom is -0.205 e.